The first-order chi connectivity index (χ1) is 7.60. The van der Waals surface area contributed by atoms with Crippen molar-refractivity contribution in [3.05, 3.63) is 34.9 Å². The van der Waals surface area contributed by atoms with E-state index in [1.54, 1.807) is 0 Å². The van der Waals surface area contributed by atoms with Crippen molar-refractivity contribution >= 4 is 11.6 Å². The van der Waals surface area contributed by atoms with Gasteiger partial charge in [0, 0.05) is 11.1 Å². The molecule has 0 N–H and O–H groups in total. The first-order valence-electron chi connectivity index (χ1n) is 5.47. The summed E-state index contributed by atoms with van der Waals surface area (Å²) in [4.78, 5) is 2.08. The van der Waals surface area contributed by atoms with Gasteiger partial charge in [-0.2, -0.15) is 5.26 Å². The zero-order chi connectivity index (χ0) is 12.1. The second-order valence-electron chi connectivity index (χ2n) is 3.95. The van der Waals surface area contributed by atoms with Crippen LogP contribution in [-0.2, 0) is 0 Å². The van der Waals surface area contributed by atoms with Gasteiger partial charge in [0.25, 0.3) is 0 Å². The summed E-state index contributed by atoms with van der Waals surface area (Å²) in [6, 6.07) is 10.3. The molecule has 0 bridgehead atoms. The van der Waals surface area contributed by atoms with E-state index in [-0.39, 0.29) is 12.1 Å². The Labute approximate surface area is 102 Å². The molecule has 0 radical (unpaired) electrons. The molecule has 1 aromatic carbocycles. The lowest BCUT2D eigenvalue weighted by atomic mass is 10.1. The van der Waals surface area contributed by atoms with Crippen molar-refractivity contribution in [2.24, 2.45) is 0 Å². The van der Waals surface area contributed by atoms with Crippen LogP contribution in [0, 0.1) is 11.3 Å². The summed E-state index contributed by atoms with van der Waals surface area (Å²) >= 11 is 5.96. The van der Waals surface area contributed by atoms with Crippen molar-refractivity contribution in [3.8, 4) is 6.07 Å². The Morgan fingerprint density at radius 2 is 2.19 bits per heavy atom. The first kappa shape index (κ1) is 13.0. The highest BCUT2D eigenvalue weighted by molar-refractivity contribution is 6.30. The number of hydrogen-bond acceptors (Lipinski definition) is 2. The Morgan fingerprint density at radius 1 is 1.50 bits per heavy atom. The average Bonchev–Trinajstić information content (AvgIpc) is 2.29. The van der Waals surface area contributed by atoms with Gasteiger partial charge in [-0.3, -0.25) is 4.90 Å². The van der Waals surface area contributed by atoms with Crippen LogP contribution < -0.4 is 0 Å². The Bertz CT molecular complexity index is 384. The average molecular weight is 237 g/mol. The molecule has 0 amide bonds. The molecule has 0 fully saturated rings. The molecule has 0 aliphatic carbocycles. The normalized spacial score (nSPS) is 14.5. The molecular formula is C13H17ClN2. The van der Waals surface area contributed by atoms with Gasteiger partial charge in [-0.25, -0.2) is 0 Å². The van der Waals surface area contributed by atoms with Gasteiger partial charge in [0.2, 0.25) is 0 Å². The van der Waals surface area contributed by atoms with Gasteiger partial charge in [0.1, 0.15) is 0 Å². The van der Waals surface area contributed by atoms with E-state index in [4.69, 9.17) is 16.9 Å². The van der Waals surface area contributed by atoms with Crippen molar-refractivity contribution < 1.29 is 0 Å². The molecule has 0 saturated heterocycles. The van der Waals surface area contributed by atoms with Crippen LogP contribution in [-0.4, -0.2) is 18.0 Å². The number of benzene rings is 1. The first-order valence-corrected chi connectivity index (χ1v) is 5.85. The third kappa shape index (κ3) is 2.98. The van der Waals surface area contributed by atoms with Crippen LogP contribution in [0.3, 0.4) is 0 Å². The van der Waals surface area contributed by atoms with Crippen LogP contribution in [0.15, 0.2) is 24.3 Å². The molecule has 16 heavy (non-hydrogen) atoms. The van der Waals surface area contributed by atoms with E-state index in [9.17, 15) is 0 Å². The van der Waals surface area contributed by atoms with E-state index in [2.05, 4.69) is 17.9 Å². The van der Waals surface area contributed by atoms with E-state index < -0.39 is 0 Å². The van der Waals surface area contributed by atoms with Gasteiger partial charge in [-0.15, -0.1) is 0 Å². The lowest BCUT2D eigenvalue weighted by Crippen LogP contribution is -2.32. The molecule has 2 atom stereocenters. The minimum absolute atomic E-state index is 0.0472. The van der Waals surface area contributed by atoms with Crippen molar-refractivity contribution in [3.63, 3.8) is 0 Å². The topological polar surface area (TPSA) is 27.0 Å². The van der Waals surface area contributed by atoms with Crippen LogP contribution in [0.1, 0.15) is 31.9 Å². The molecular weight excluding hydrogens is 220 g/mol. The molecule has 0 aliphatic rings. The number of nitriles is 1. The highest BCUT2D eigenvalue weighted by Crippen LogP contribution is 2.23. The molecule has 1 rings (SSSR count). The minimum atomic E-state index is -0.0472. The summed E-state index contributed by atoms with van der Waals surface area (Å²) < 4.78 is 0. The van der Waals surface area contributed by atoms with Gasteiger partial charge in [0.15, 0.2) is 0 Å². The maximum Gasteiger partial charge on any atom is 0.0977 e. The third-order valence-electron chi connectivity index (χ3n) is 2.97. The van der Waals surface area contributed by atoms with Crippen LogP contribution in [0.4, 0.5) is 0 Å². The molecule has 2 unspecified atom stereocenters. The van der Waals surface area contributed by atoms with Gasteiger partial charge in [-0.1, -0.05) is 30.7 Å². The van der Waals surface area contributed by atoms with Gasteiger partial charge < -0.3 is 0 Å². The maximum atomic E-state index is 9.03. The molecule has 86 valence electrons. The number of rotatable bonds is 4. The largest absolute Gasteiger partial charge is 0.284 e. The zero-order valence-electron chi connectivity index (χ0n) is 9.94. The van der Waals surface area contributed by atoms with Crippen molar-refractivity contribution in [2.75, 3.05) is 7.05 Å². The van der Waals surface area contributed by atoms with Gasteiger partial charge in [-0.05, 0) is 38.1 Å². The van der Waals surface area contributed by atoms with E-state index in [0.29, 0.717) is 0 Å². The van der Waals surface area contributed by atoms with Crippen LogP contribution in [0.2, 0.25) is 5.02 Å². The minimum Gasteiger partial charge on any atom is -0.284 e. The second-order valence-corrected chi connectivity index (χ2v) is 4.39. The number of hydrogen-bond donors (Lipinski definition) is 0. The van der Waals surface area contributed by atoms with Crippen molar-refractivity contribution in [1.29, 1.82) is 5.26 Å². The lowest BCUT2D eigenvalue weighted by molar-refractivity contribution is 0.217. The summed E-state index contributed by atoms with van der Waals surface area (Å²) in [7, 11) is 1.98. The molecule has 3 heteroatoms. The van der Waals surface area contributed by atoms with Crippen LogP contribution in [0.25, 0.3) is 0 Å². The Hall–Kier alpha value is -1.04. The fraction of sp³-hybridized carbons (Fsp3) is 0.462. The van der Waals surface area contributed by atoms with E-state index in [1.165, 1.54) is 0 Å². The molecule has 0 heterocycles. The quantitative estimate of drug-likeness (QED) is 0.798. The van der Waals surface area contributed by atoms with Gasteiger partial charge >= 0.3 is 0 Å². The summed E-state index contributed by atoms with van der Waals surface area (Å²) in [6.45, 7) is 4.11. The summed E-state index contributed by atoms with van der Waals surface area (Å²) in [5, 5.41) is 9.77. The predicted molar refractivity (Wildman–Crippen MR) is 67.3 cm³/mol. The second kappa shape index (κ2) is 5.89. The number of nitrogens with zero attached hydrogens (tertiary/aromatic N) is 2. The molecule has 2 nitrogen and oxygen atoms in total. The number of halogens is 1. The summed E-state index contributed by atoms with van der Waals surface area (Å²) in [5.41, 5.74) is 1.14. The van der Waals surface area contributed by atoms with E-state index >= 15 is 0 Å². The Kier molecular flexibility index (Phi) is 4.79. The van der Waals surface area contributed by atoms with Crippen molar-refractivity contribution in [1.82, 2.24) is 4.90 Å². The lowest BCUT2D eigenvalue weighted by Gasteiger charge is -2.28. The fourth-order valence-corrected chi connectivity index (χ4v) is 1.94. The predicted octanol–water partition coefficient (Wildman–Crippen LogP) is 3.63. The summed E-state index contributed by atoms with van der Waals surface area (Å²) in [5.74, 6) is 0. The molecule has 0 aliphatic heterocycles. The zero-order valence-corrected chi connectivity index (χ0v) is 10.7. The van der Waals surface area contributed by atoms with Crippen LogP contribution in [0.5, 0.6) is 0 Å². The molecule has 0 aromatic heterocycles. The summed E-state index contributed by atoms with van der Waals surface area (Å²) in [6.07, 6.45) is 0.831. The standard InChI is InChI=1S/C13H17ClN2/c1-4-13(9-15)16(3)10(2)11-6-5-7-12(14)8-11/h5-8,10,13H,4H2,1-3H3. The third-order valence-corrected chi connectivity index (χ3v) is 3.20. The molecule has 0 saturated carbocycles. The molecule has 0 spiro atoms. The smallest absolute Gasteiger partial charge is 0.0977 e. The van der Waals surface area contributed by atoms with E-state index in [1.807, 2.05) is 38.2 Å². The monoisotopic (exact) mass is 236 g/mol. The van der Waals surface area contributed by atoms with Gasteiger partial charge in [0.05, 0.1) is 12.1 Å². The highest BCUT2D eigenvalue weighted by Gasteiger charge is 2.19. The fourth-order valence-electron chi connectivity index (χ4n) is 1.74. The highest BCUT2D eigenvalue weighted by atomic mass is 35.5. The maximum absolute atomic E-state index is 9.03. The van der Waals surface area contributed by atoms with Crippen LogP contribution >= 0.6 is 11.6 Å². The SMILES string of the molecule is CCC(C#N)N(C)C(C)c1cccc(Cl)c1. The molecule has 1 aromatic rings. The Balaban J connectivity index is 2.85. The van der Waals surface area contributed by atoms with E-state index in [0.717, 1.165) is 17.0 Å². The Morgan fingerprint density at radius 3 is 2.69 bits per heavy atom. The van der Waals surface area contributed by atoms with Crippen molar-refractivity contribution in [2.45, 2.75) is 32.4 Å².